The van der Waals surface area contributed by atoms with Gasteiger partial charge in [-0.25, -0.2) is 4.79 Å². The van der Waals surface area contributed by atoms with Gasteiger partial charge in [0.15, 0.2) is 18.2 Å². The normalized spacial score (nSPS) is 21.0. The van der Waals surface area contributed by atoms with Gasteiger partial charge in [-0.3, -0.25) is 19.4 Å². The summed E-state index contributed by atoms with van der Waals surface area (Å²) < 4.78 is 33.4. The second kappa shape index (κ2) is 16.8. The molecule has 234 valence electrons. The Kier molecular flexibility index (Phi) is 12.9. The van der Waals surface area contributed by atoms with Crippen LogP contribution in [0.1, 0.15) is 68.4 Å². The van der Waals surface area contributed by atoms with E-state index in [1.165, 1.54) is 27.0 Å². The van der Waals surface area contributed by atoms with Crippen LogP contribution in [0.25, 0.3) is 0 Å². The van der Waals surface area contributed by atoms with E-state index < -0.39 is 54.5 Å². The van der Waals surface area contributed by atoms with Crippen molar-refractivity contribution >= 4 is 30.1 Å². The molecule has 0 aromatic heterocycles. The Hall–Kier alpha value is -4.69. The molecular formula is C33H37NO10. The molecular weight excluding hydrogens is 570 g/mol. The van der Waals surface area contributed by atoms with Gasteiger partial charge in [0, 0.05) is 39.0 Å². The molecule has 0 aliphatic carbocycles. The number of rotatable bonds is 11. The van der Waals surface area contributed by atoms with Gasteiger partial charge in [-0.1, -0.05) is 37.3 Å². The van der Waals surface area contributed by atoms with Crippen LogP contribution in [0.3, 0.4) is 0 Å². The molecule has 2 aromatic rings. The van der Waals surface area contributed by atoms with E-state index in [4.69, 9.17) is 28.4 Å². The molecule has 0 spiro atoms. The van der Waals surface area contributed by atoms with E-state index in [0.29, 0.717) is 23.3 Å². The van der Waals surface area contributed by atoms with Crippen molar-refractivity contribution < 1.29 is 47.6 Å². The first-order valence-corrected chi connectivity index (χ1v) is 14.2. The summed E-state index contributed by atoms with van der Waals surface area (Å²) in [6, 6.07) is 12.5. The highest BCUT2D eigenvalue weighted by atomic mass is 16.7. The topological polar surface area (TPSA) is 136 Å². The molecule has 0 saturated carbocycles. The Morgan fingerprint density at radius 1 is 0.909 bits per heavy atom. The van der Waals surface area contributed by atoms with Crippen LogP contribution >= 0.6 is 0 Å². The molecule has 3 rings (SSSR count). The van der Waals surface area contributed by atoms with Crippen molar-refractivity contribution in [2.75, 3.05) is 13.7 Å². The summed E-state index contributed by atoms with van der Waals surface area (Å²) in [4.78, 5) is 54.2. The third-order valence-electron chi connectivity index (χ3n) is 6.43. The lowest BCUT2D eigenvalue weighted by molar-refractivity contribution is -0.259. The molecule has 5 atom stereocenters. The summed E-state index contributed by atoms with van der Waals surface area (Å²) in [5.41, 5.74) is 1.31. The molecule has 0 radical (unpaired) electrons. The minimum atomic E-state index is -1.45. The second-order valence-corrected chi connectivity index (χ2v) is 9.89. The standard InChI is InChI=1S/C33H37NO10/c1-6-7-8-9-12-25-13-10-11-14-27(25)32(38)44-33-29(34-19-24-15-17-26(39-5)18-16-24)31(42-23(4)37)30(41-22(3)36)28(43-33)20-40-21(2)35/h10-11,13-19,28-31,33H,6-8,20H2,1-5H3/t28-,29-,30-,31-,33+/m1/s1. The Morgan fingerprint density at radius 3 is 2.23 bits per heavy atom. The number of carbonyl (C=O) groups excluding carboxylic acids is 4. The zero-order valence-corrected chi connectivity index (χ0v) is 25.4. The summed E-state index contributed by atoms with van der Waals surface area (Å²) in [5.74, 6) is 3.93. The van der Waals surface area contributed by atoms with E-state index in [1.807, 2.05) is 0 Å². The molecule has 0 amide bonds. The van der Waals surface area contributed by atoms with Crippen LogP contribution in [0.2, 0.25) is 0 Å². The fourth-order valence-electron chi connectivity index (χ4n) is 4.36. The molecule has 1 saturated heterocycles. The minimum Gasteiger partial charge on any atom is -0.497 e. The SMILES string of the molecule is CCCCC#Cc1ccccc1C(=O)O[C@@H]1O[C@H](COC(C)=O)[C@@H](OC(C)=O)[C@H](OC(C)=O)[C@H]1N=Cc1ccc(OC)cc1. The lowest BCUT2D eigenvalue weighted by Gasteiger charge is -2.43. The van der Waals surface area contributed by atoms with E-state index in [2.05, 4.69) is 23.8 Å². The van der Waals surface area contributed by atoms with Gasteiger partial charge in [-0.2, -0.15) is 0 Å². The van der Waals surface area contributed by atoms with Crippen LogP contribution in [-0.2, 0) is 38.1 Å². The number of esters is 4. The average molecular weight is 608 g/mol. The largest absolute Gasteiger partial charge is 0.497 e. The van der Waals surface area contributed by atoms with E-state index in [0.717, 1.165) is 12.8 Å². The molecule has 0 unspecified atom stereocenters. The van der Waals surface area contributed by atoms with Gasteiger partial charge in [-0.05, 0) is 48.4 Å². The first-order valence-electron chi connectivity index (χ1n) is 14.2. The summed E-state index contributed by atoms with van der Waals surface area (Å²) in [6.07, 6.45) is -1.07. The Balaban J connectivity index is 2.04. The van der Waals surface area contributed by atoms with Gasteiger partial charge >= 0.3 is 23.9 Å². The molecule has 11 heteroatoms. The summed E-state index contributed by atoms with van der Waals surface area (Å²) >= 11 is 0. The van der Waals surface area contributed by atoms with Crippen molar-refractivity contribution in [1.29, 1.82) is 0 Å². The number of hydrogen-bond acceptors (Lipinski definition) is 11. The lowest BCUT2D eigenvalue weighted by atomic mass is 9.96. The number of carbonyl (C=O) groups is 4. The highest BCUT2D eigenvalue weighted by molar-refractivity contribution is 5.92. The molecule has 1 aliphatic rings. The molecule has 1 aliphatic heterocycles. The molecule has 1 fully saturated rings. The molecule has 1 heterocycles. The van der Waals surface area contributed by atoms with Crippen molar-refractivity contribution in [3.63, 3.8) is 0 Å². The first kappa shape index (κ1) is 33.8. The van der Waals surface area contributed by atoms with E-state index in [-0.39, 0.29) is 12.2 Å². The maximum Gasteiger partial charge on any atom is 0.341 e. The number of ether oxygens (including phenoxy) is 6. The van der Waals surface area contributed by atoms with Crippen LogP contribution in [0, 0.1) is 11.8 Å². The van der Waals surface area contributed by atoms with E-state index in [9.17, 15) is 19.2 Å². The first-order chi connectivity index (χ1) is 21.1. The van der Waals surface area contributed by atoms with Gasteiger partial charge in [0.25, 0.3) is 0 Å². The number of nitrogens with zero attached hydrogens (tertiary/aromatic N) is 1. The van der Waals surface area contributed by atoms with Crippen LogP contribution in [0.5, 0.6) is 5.75 Å². The summed E-state index contributed by atoms with van der Waals surface area (Å²) in [6.45, 7) is 5.24. The third-order valence-corrected chi connectivity index (χ3v) is 6.43. The van der Waals surface area contributed by atoms with Crippen molar-refractivity contribution in [3.05, 3.63) is 65.2 Å². The second-order valence-electron chi connectivity index (χ2n) is 9.89. The zero-order valence-electron chi connectivity index (χ0n) is 25.4. The van der Waals surface area contributed by atoms with Crippen LogP contribution in [0.15, 0.2) is 53.5 Å². The van der Waals surface area contributed by atoms with Crippen molar-refractivity contribution in [2.45, 2.75) is 77.6 Å². The molecule has 2 aromatic carbocycles. The van der Waals surface area contributed by atoms with Crippen molar-refractivity contribution in [3.8, 4) is 17.6 Å². The van der Waals surface area contributed by atoms with Gasteiger partial charge < -0.3 is 28.4 Å². The predicted molar refractivity (Wildman–Crippen MR) is 159 cm³/mol. The van der Waals surface area contributed by atoms with Gasteiger partial charge in [0.1, 0.15) is 18.5 Å². The van der Waals surface area contributed by atoms with Crippen LogP contribution in [-0.4, -0.2) is 74.5 Å². The molecule has 0 bridgehead atoms. The third kappa shape index (κ3) is 9.95. The van der Waals surface area contributed by atoms with E-state index >= 15 is 0 Å². The smallest absolute Gasteiger partial charge is 0.341 e. The fourth-order valence-corrected chi connectivity index (χ4v) is 4.36. The predicted octanol–water partition coefficient (Wildman–Crippen LogP) is 4.03. The van der Waals surface area contributed by atoms with Crippen molar-refractivity contribution in [2.24, 2.45) is 4.99 Å². The van der Waals surface area contributed by atoms with Gasteiger partial charge in [-0.15, -0.1) is 0 Å². The molecule has 0 N–H and O–H groups in total. The lowest BCUT2D eigenvalue weighted by Crippen LogP contribution is -2.61. The monoisotopic (exact) mass is 607 g/mol. The average Bonchev–Trinajstić information content (AvgIpc) is 2.99. The zero-order chi connectivity index (χ0) is 32.1. The Morgan fingerprint density at radius 2 is 1.59 bits per heavy atom. The summed E-state index contributed by atoms with van der Waals surface area (Å²) in [7, 11) is 1.54. The maximum atomic E-state index is 13.6. The van der Waals surface area contributed by atoms with Gasteiger partial charge in [0.05, 0.1) is 12.7 Å². The van der Waals surface area contributed by atoms with Crippen LogP contribution in [0.4, 0.5) is 0 Å². The Bertz CT molecular complexity index is 1390. The number of methoxy groups -OCH3 is 1. The number of unbranched alkanes of at least 4 members (excludes halogenated alkanes) is 2. The number of aliphatic imine (C=N–C) groups is 1. The Labute approximate surface area is 256 Å². The highest BCUT2D eigenvalue weighted by Gasteiger charge is 2.52. The van der Waals surface area contributed by atoms with E-state index in [1.54, 1.807) is 55.6 Å². The molecule has 11 nitrogen and oxygen atoms in total. The number of benzene rings is 2. The molecule has 44 heavy (non-hydrogen) atoms. The van der Waals surface area contributed by atoms with Crippen LogP contribution < -0.4 is 4.74 Å². The quantitative estimate of drug-likeness (QED) is 0.121. The minimum absolute atomic E-state index is 0.195. The van der Waals surface area contributed by atoms with Crippen molar-refractivity contribution in [1.82, 2.24) is 0 Å². The summed E-state index contributed by atoms with van der Waals surface area (Å²) in [5, 5.41) is 0. The maximum absolute atomic E-state index is 13.6. The number of hydrogen-bond donors (Lipinski definition) is 0. The van der Waals surface area contributed by atoms with Gasteiger partial charge in [0.2, 0.25) is 6.29 Å². The highest BCUT2D eigenvalue weighted by Crippen LogP contribution is 2.31. The fraction of sp³-hybridized carbons (Fsp3) is 0.424.